The number of primary amides is 1. The van der Waals surface area contributed by atoms with Crippen LogP contribution in [0.3, 0.4) is 0 Å². The van der Waals surface area contributed by atoms with Crippen LogP contribution in [0.5, 0.6) is 0 Å². The first-order valence-corrected chi connectivity index (χ1v) is 22.1. The van der Waals surface area contributed by atoms with Crippen LogP contribution in [-0.4, -0.2) is 91.7 Å². The lowest BCUT2D eigenvalue weighted by atomic mass is 9.84. The van der Waals surface area contributed by atoms with Gasteiger partial charge in [-0.25, -0.2) is 9.48 Å². The fourth-order valence-corrected chi connectivity index (χ4v) is 9.72. The maximum absolute atomic E-state index is 15.0. The Morgan fingerprint density at radius 2 is 1.65 bits per heavy atom. The Labute approximate surface area is 366 Å². The van der Waals surface area contributed by atoms with Gasteiger partial charge in [0.1, 0.15) is 24.3 Å². The van der Waals surface area contributed by atoms with Crippen molar-refractivity contribution in [2.45, 2.75) is 114 Å². The van der Waals surface area contributed by atoms with E-state index in [0.29, 0.717) is 48.3 Å². The number of benzene rings is 3. The number of rotatable bonds is 19. The molecule has 16 nitrogen and oxygen atoms in total. The topological polar surface area (TPSA) is 228 Å². The van der Waals surface area contributed by atoms with E-state index in [1.54, 1.807) is 26.0 Å². The molecule has 4 aromatic rings. The molecule has 2 heterocycles. The predicted octanol–water partition coefficient (Wildman–Crippen LogP) is 4.45. The van der Waals surface area contributed by atoms with Crippen molar-refractivity contribution in [3.05, 3.63) is 95.8 Å². The third-order valence-electron chi connectivity index (χ3n) is 13.0. The van der Waals surface area contributed by atoms with Gasteiger partial charge in [-0.05, 0) is 111 Å². The minimum Gasteiger partial charge on any atom is -0.445 e. The van der Waals surface area contributed by atoms with Gasteiger partial charge in [0, 0.05) is 25.1 Å². The van der Waals surface area contributed by atoms with E-state index in [4.69, 9.17) is 10.5 Å². The number of amides is 5. The Kier molecular flexibility index (Phi) is 14.2. The van der Waals surface area contributed by atoms with Crippen molar-refractivity contribution < 1.29 is 38.6 Å². The Hall–Kier alpha value is -6.16. The molecular formula is C47H58N8O8. The van der Waals surface area contributed by atoms with Crippen LogP contribution in [0.15, 0.2) is 79.0 Å². The van der Waals surface area contributed by atoms with Crippen molar-refractivity contribution in [3.8, 4) is 0 Å². The monoisotopic (exact) mass is 862 g/mol. The second-order valence-electron chi connectivity index (χ2n) is 17.9. The van der Waals surface area contributed by atoms with Crippen molar-refractivity contribution in [1.29, 1.82) is 0 Å². The van der Waals surface area contributed by atoms with E-state index in [1.165, 1.54) is 28.6 Å². The predicted molar refractivity (Wildman–Crippen MR) is 232 cm³/mol. The molecule has 2 bridgehead atoms. The zero-order chi connectivity index (χ0) is 44.7. The number of ether oxygens (including phenoxy) is 1. The molecule has 2 saturated carbocycles. The van der Waals surface area contributed by atoms with Gasteiger partial charge in [-0.1, -0.05) is 72.3 Å². The molecule has 16 heteroatoms. The highest BCUT2D eigenvalue weighted by Gasteiger charge is 2.46. The molecule has 6 N–H and O–H groups in total. The maximum atomic E-state index is 15.0. The Bertz CT molecular complexity index is 2290. The normalized spacial score (nSPS) is 21.4. The molecule has 1 saturated heterocycles. The number of carbonyl (C=O) groups is 6. The second kappa shape index (κ2) is 19.9. The van der Waals surface area contributed by atoms with Crippen molar-refractivity contribution in [1.82, 2.24) is 35.8 Å². The van der Waals surface area contributed by atoms with Gasteiger partial charge in [-0.2, -0.15) is 0 Å². The van der Waals surface area contributed by atoms with Crippen LogP contribution >= 0.6 is 0 Å². The molecule has 7 atom stereocenters. The number of ketones is 1. The van der Waals surface area contributed by atoms with Crippen molar-refractivity contribution >= 4 is 46.3 Å². The molecule has 63 heavy (non-hydrogen) atoms. The van der Waals surface area contributed by atoms with E-state index >= 15 is 4.79 Å². The molecule has 7 rings (SSSR count). The molecule has 5 amide bonds. The lowest BCUT2D eigenvalue weighted by molar-refractivity contribution is -0.142. The average Bonchev–Trinajstić information content (AvgIpc) is 4.11. The number of aromatic nitrogens is 3. The quantitative estimate of drug-likeness (QED) is 0.0657. The Morgan fingerprint density at radius 1 is 0.889 bits per heavy atom. The van der Waals surface area contributed by atoms with E-state index < -0.39 is 65.3 Å². The minimum atomic E-state index is -1.36. The number of alkyl carbamates (subject to hydrolysis) is 1. The summed E-state index contributed by atoms with van der Waals surface area (Å²) in [6, 6.07) is 18.2. The zero-order valence-corrected chi connectivity index (χ0v) is 35.9. The van der Waals surface area contributed by atoms with Gasteiger partial charge in [0.2, 0.25) is 17.6 Å². The molecule has 3 fully saturated rings. The Balaban J connectivity index is 1.08. The molecule has 1 aliphatic heterocycles. The average molecular weight is 863 g/mol. The molecule has 334 valence electrons. The van der Waals surface area contributed by atoms with Gasteiger partial charge >= 0.3 is 6.09 Å². The summed E-state index contributed by atoms with van der Waals surface area (Å²) in [5.74, 6) is -2.10. The van der Waals surface area contributed by atoms with E-state index in [1.807, 2.05) is 60.7 Å². The van der Waals surface area contributed by atoms with Crippen LogP contribution in [0.4, 0.5) is 4.79 Å². The van der Waals surface area contributed by atoms with E-state index in [0.717, 1.165) is 35.6 Å². The van der Waals surface area contributed by atoms with Crippen molar-refractivity contribution in [3.63, 3.8) is 0 Å². The van der Waals surface area contributed by atoms with Gasteiger partial charge in [-0.3, -0.25) is 24.0 Å². The first-order chi connectivity index (χ1) is 30.2. The number of fused-ring (bicyclic) bond motifs is 3. The fourth-order valence-electron chi connectivity index (χ4n) is 9.72. The maximum Gasteiger partial charge on any atom is 0.407 e. The summed E-state index contributed by atoms with van der Waals surface area (Å²) in [7, 11) is 0. The number of Topliss-reactive ketones (excluding diaryl/α,β-unsaturated/α-hetero) is 1. The van der Waals surface area contributed by atoms with Crippen LogP contribution in [0.25, 0.3) is 10.8 Å². The largest absolute Gasteiger partial charge is 0.445 e. The lowest BCUT2D eigenvalue weighted by Crippen LogP contribution is -2.56. The number of likely N-dealkylation sites (tertiary alicyclic amines) is 1. The van der Waals surface area contributed by atoms with Crippen LogP contribution in [0.2, 0.25) is 0 Å². The van der Waals surface area contributed by atoms with Crippen LogP contribution in [-0.2, 0) is 36.1 Å². The summed E-state index contributed by atoms with van der Waals surface area (Å²) in [6.07, 6.45) is 7.35. The third kappa shape index (κ3) is 11.1. The summed E-state index contributed by atoms with van der Waals surface area (Å²) in [5.41, 5.74) is 5.69. The summed E-state index contributed by atoms with van der Waals surface area (Å²) in [4.78, 5) is 82.5. The summed E-state index contributed by atoms with van der Waals surface area (Å²) in [5, 5.41) is 29.5. The molecular weight excluding hydrogens is 805 g/mol. The highest BCUT2D eigenvalue weighted by Crippen LogP contribution is 2.50. The molecule has 3 unspecified atom stereocenters. The number of nitrogens with one attached hydrogen (secondary N) is 3. The fraction of sp³-hybridized carbons (Fsp3) is 0.489. The molecule has 3 aromatic carbocycles. The summed E-state index contributed by atoms with van der Waals surface area (Å²) < 4.78 is 6.76. The number of hydrogen-bond donors (Lipinski definition) is 5. The van der Waals surface area contributed by atoms with Gasteiger partial charge in [0.25, 0.3) is 11.8 Å². The minimum absolute atomic E-state index is 0.0136. The zero-order valence-electron chi connectivity index (χ0n) is 35.9. The standard InChI is InChI=1S/C47H58N8O8/c1-47(2,62)40-26-50-53-55(40)36-25-39(44(59)51-37(41(56)42(48)57)14-8-9-21-49-46(61)63-28-29-10-4-3-5-11-29)54(27-36)45(60)38(20-19-34-23-30-15-16-33(34)22-30)52-43(58)35-18-17-31-12-6-7-13-32(31)24-35/h3-7,10-13,17-18,24,26,30,33-34,36-39,62H,8-9,14-16,19-23,25,27-28H2,1-2H3,(H2,48,57)(H,49,61)(H,51,59)(H,52,58)/t30-,33+,34?,36+,37?,38?,39+/m1/s1. The van der Waals surface area contributed by atoms with Gasteiger partial charge < -0.3 is 36.4 Å². The van der Waals surface area contributed by atoms with Gasteiger partial charge in [0.15, 0.2) is 0 Å². The van der Waals surface area contributed by atoms with Gasteiger partial charge in [-0.15, -0.1) is 5.10 Å². The number of hydrogen-bond acceptors (Lipinski definition) is 10. The number of carbonyl (C=O) groups excluding carboxylic acids is 6. The highest BCUT2D eigenvalue weighted by atomic mass is 16.5. The number of nitrogens with zero attached hydrogens (tertiary/aromatic N) is 4. The second-order valence-corrected chi connectivity index (χ2v) is 17.9. The molecule has 3 aliphatic rings. The van der Waals surface area contributed by atoms with Gasteiger partial charge in [0.05, 0.1) is 24.0 Å². The first kappa shape index (κ1) is 44.9. The summed E-state index contributed by atoms with van der Waals surface area (Å²) >= 11 is 0. The molecule has 0 radical (unpaired) electrons. The van der Waals surface area contributed by atoms with E-state index in [-0.39, 0.29) is 32.5 Å². The smallest absolute Gasteiger partial charge is 0.407 e. The lowest BCUT2D eigenvalue weighted by Gasteiger charge is -2.31. The number of unbranched alkanes of at least 4 members (excludes halogenated alkanes) is 1. The van der Waals surface area contributed by atoms with Crippen LogP contribution in [0, 0.1) is 17.8 Å². The molecule has 2 aliphatic carbocycles. The first-order valence-electron chi connectivity index (χ1n) is 22.1. The Morgan fingerprint density at radius 3 is 2.37 bits per heavy atom. The molecule has 0 spiro atoms. The van der Waals surface area contributed by atoms with Crippen LogP contribution < -0.4 is 21.7 Å². The van der Waals surface area contributed by atoms with Crippen molar-refractivity contribution in [2.75, 3.05) is 13.1 Å². The summed E-state index contributed by atoms with van der Waals surface area (Å²) in [6.45, 7) is 3.47. The van der Waals surface area contributed by atoms with E-state index in [2.05, 4.69) is 26.3 Å². The van der Waals surface area contributed by atoms with Crippen LogP contribution in [0.1, 0.15) is 106 Å². The van der Waals surface area contributed by atoms with E-state index in [9.17, 15) is 29.1 Å². The number of aliphatic hydroxyl groups is 1. The SMILES string of the molecule is CC(C)(O)c1cnnn1[C@H]1C[C@@H](C(=O)NC(CCCCNC(=O)OCc2ccccc2)C(=O)C(N)=O)N(C(=O)C(CCC2C[C@@H]3CC[C@H]2C3)NC(=O)c2ccc3ccccc3c2)C1. The molecule has 1 aromatic heterocycles. The van der Waals surface area contributed by atoms with Crippen molar-refractivity contribution in [2.24, 2.45) is 23.5 Å². The number of nitrogens with two attached hydrogens (primary N) is 1. The highest BCUT2D eigenvalue weighted by molar-refractivity contribution is 6.37. The third-order valence-corrected chi connectivity index (χ3v) is 13.0.